The number of carbonyl (C=O) groups excluding carboxylic acids is 1. The zero-order chi connectivity index (χ0) is 19.1. The Morgan fingerprint density at radius 1 is 0.778 bits per heavy atom. The van der Waals surface area contributed by atoms with Crippen LogP contribution in [0.1, 0.15) is 43.5 Å². The van der Waals surface area contributed by atoms with Gasteiger partial charge in [0.2, 0.25) is 0 Å². The molecule has 0 aliphatic rings. The summed E-state index contributed by atoms with van der Waals surface area (Å²) in [6.07, 6.45) is 3.51. The standard InChI is InChI=1S/C25H26O2/c1-3-4-7-18-27-23-16-14-21(15-17-23)20-10-12-22(13-11-20)25-9-6-5-8-24(25)19(2)26/h5-6,8-17H,3-4,7,18H2,1-2H3. The molecule has 0 heterocycles. The molecule has 0 unspecified atom stereocenters. The molecule has 0 aromatic heterocycles. The van der Waals surface area contributed by atoms with Crippen molar-refractivity contribution >= 4 is 5.78 Å². The summed E-state index contributed by atoms with van der Waals surface area (Å²) in [6.45, 7) is 4.58. The van der Waals surface area contributed by atoms with E-state index in [-0.39, 0.29) is 5.78 Å². The number of hydrogen-bond donors (Lipinski definition) is 0. The fraction of sp³-hybridized carbons (Fsp3) is 0.240. The van der Waals surface area contributed by atoms with Crippen LogP contribution in [-0.4, -0.2) is 12.4 Å². The molecule has 0 aliphatic carbocycles. The summed E-state index contributed by atoms with van der Waals surface area (Å²) in [5.41, 5.74) is 5.10. The summed E-state index contributed by atoms with van der Waals surface area (Å²) in [5.74, 6) is 1.01. The van der Waals surface area contributed by atoms with Crippen LogP contribution in [0.2, 0.25) is 0 Å². The highest BCUT2D eigenvalue weighted by atomic mass is 16.5. The molecular weight excluding hydrogens is 332 g/mol. The first kappa shape index (κ1) is 18.9. The molecule has 2 nitrogen and oxygen atoms in total. The Morgan fingerprint density at radius 3 is 2.00 bits per heavy atom. The quantitative estimate of drug-likeness (QED) is 0.327. The van der Waals surface area contributed by atoms with Crippen LogP contribution in [0.15, 0.2) is 72.8 Å². The highest BCUT2D eigenvalue weighted by molar-refractivity contribution is 6.00. The van der Waals surface area contributed by atoms with Crippen LogP contribution in [0.4, 0.5) is 0 Å². The summed E-state index contributed by atoms with van der Waals surface area (Å²) in [4.78, 5) is 11.9. The molecule has 0 saturated carbocycles. The third-order valence-electron chi connectivity index (χ3n) is 4.71. The van der Waals surface area contributed by atoms with Crippen molar-refractivity contribution in [1.29, 1.82) is 0 Å². The number of Topliss-reactive ketones (excluding diaryl/α,β-unsaturated/α-hetero) is 1. The van der Waals surface area contributed by atoms with Gasteiger partial charge in [0.15, 0.2) is 5.78 Å². The molecule has 0 radical (unpaired) electrons. The van der Waals surface area contributed by atoms with Crippen molar-refractivity contribution in [2.24, 2.45) is 0 Å². The van der Waals surface area contributed by atoms with Gasteiger partial charge in [-0.25, -0.2) is 0 Å². The first-order valence-corrected chi connectivity index (χ1v) is 9.62. The molecule has 3 rings (SSSR count). The van der Waals surface area contributed by atoms with Gasteiger partial charge >= 0.3 is 0 Å². The number of rotatable bonds is 8. The Kier molecular flexibility index (Phi) is 6.43. The maximum atomic E-state index is 11.9. The Morgan fingerprint density at radius 2 is 1.37 bits per heavy atom. The highest BCUT2D eigenvalue weighted by Gasteiger charge is 2.08. The number of unbranched alkanes of at least 4 members (excludes halogenated alkanes) is 2. The molecule has 3 aromatic rings. The molecule has 0 saturated heterocycles. The topological polar surface area (TPSA) is 26.3 Å². The van der Waals surface area contributed by atoms with E-state index >= 15 is 0 Å². The molecule has 27 heavy (non-hydrogen) atoms. The van der Waals surface area contributed by atoms with Gasteiger partial charge in [0.05, 0.1) is 6.61 Å². The van der Waals surface area contributed by atoms with E-state index in [9.17, 15) is 4.79 Å². The number of ketones is 1. The lowest BCUT2D eigenvalue weighted by Gasteiger charge is -2.09. The van der Waals surface area contributed by atoms with Gasteiger partial charge in [-0.1, -0.05) is 80.4 Å². The van der Waals surface area contributed by atoms with Crippen LogP contribution in [0.25, 0.3) is 22.3 Å². The van der Waals surface area contributed by atoms with Crippen LogP contribution in [0.5, 0.6) is 5.75 Å². The summed E-state index contributed by atoms with van der Waals surface area (Å²) >= 11 is 0. The third-order valence-corrected chi connectivity index (χ3v) is 4.71. The number of ether oxygens (including phenoxy) is 1. The van der Waals surface area contributed by atoms with Crippen LogP contribution in [-0.2, 0) is 0 Å². The largest absolute Gasteiger partial charge is 0.494 e. The normalized spacial score (nSPS) is 10.6. The zero-order valence-electron chi connectivity index (χ0n) is 16.1. The van der Waals surface area contributed by atoms with Gasteiger partial charge in [-0.3, -0.25) is 4.79 Å². The molecule has 0 amide bonds. The van der Waals surface area contributed by atoms with Gasteiger partial charge in [0.25, 0.3) is 0 Å². The van der Waals surface area contributed by atoms with Crippen molar-refractivity contribution < 1.29 is 9.53 Å². The minimum Gasteiger partial charge on any atom is -0.494 e. The predicted molar refractivity (Wildman–Crippen MR) is 112 cm³/mol. The van der Waals surface area contributed by atoms with Crippen LogP contribution < -0.4 is 4.74 Å². The monoisotopic (exact) mass is 358 g/mol. The Labute approximate surface area is 161 Å². The van der Waals surface area contributed by atoms with Crippen molar-refractivity contribution in [3.63, 3.8) is 0 Å². The second-order valence-electron chi connectivity index (χ2n) is 6.76. The Bertz CT molecular complexity index is 877. The molecule has 0 N–H and O–H groups in total. The Balaban J connectivity index is 1.73. The number of carbonyl (C=O) groups is 1. The predicted octanol–water partition coefficient (Wildman–Crippen LogP) is 6.79. The van der Waals surface area contributed by atoms with E-state index in [2.05, 4.69) is 43.3 Å². The van der Waals surface area contributed by atoms with Gasteiger partial charge in [-0.15, -0.1) is 0 Å². The molecule has 0 bridgehead atoms. The van der Waals surface area contributed by atoms with Crippen molar-refractivity contribution in [1.82, 2.24) is 0 Å². The van der Waals surface area contributed by atoms with Crippen molar-refractivity contribution in [2.45, 2.75) is 33.1 Å². The highest BCUT2D eigenvalue weighted by Crippen LogP contribution is 2.28. The molecular formula is C25H26O2. The average molecular weight is 358 g/mol. The smallest absolute Gasteiger partial charge is 0.160 e. The molecule has 0 atom stereocenters. The van der Waals surface area contributed by atoms with Gasteiger partial charge in [0.1, 0.15) is 5.75 Å². The van der Waals surface area contributed by atoms with E-state index < -0.39 is 0 Å². The van der Waals surface area contributed by atoms with Gasteiger partial charge in [0, 0.05) is 5.56 Å². The van der Waals surface area contributed by atoms with E-state index in [1.54, 1.807) is 6.92 Å². The summed E-state index contributed by atoms with van der Waals surface area (Å²) in [7, 11) is 0. The molecule has 138 valence electrons. The van der Waals surface area contributed by atoms with Crippen LogP contribution in [0, 0.1) is 0 Å². The van der Waals surface area contributed by atoms with Gasteiger partial charge in [-0.05, 0) is 47.7 Å². The zero-order valence-corrected chi connectivity index (χ0v) is 16.1. The molecule has 2 heteroatoms. The van der Waals surface area contributed by atoms with E-state index in [4.69, 9.17) is 4.74 Å². The van der Waals surface area contributed by atoms with E-state index in [1.807, 2.05) is 36.4 Å². The van der Waals surface area contributed by atoms with E-state index in [1.165, 1.54) is 12.8 Å². The van der Waals surface area contributed by atoms with Crippen LogP contribution in [0.3, 0.4) is 0 Å². The Hall–Kier alpha value is -2.87. The molecule has 0 spiro atoms. The van der Waals surface area contributed by atoms with Crippen molar-refractivity contribution in [2.75, 3.05) is 6.61 Å². The maximum Gasteiger partial charge on any atom is 0.160 e. The average Bonchev–Trinajstić information content (AvgIpc) is 2.72. The van der Waals surface area contributed by atoms with Gasteiger partial charge in [-0.2, -0.15) is 0 Å². The second-order valence-corrected chi connectivity index (χ2v) is 6.76. The number of benzene rings is 3. The lowest BCUT2D eigenvalue weighted by molar-refractivity contribution is 0.101. The lowest BCUT2D eigenvalue weighted by atomic mass is 9.95. The molecule has 3 aromatic carbocycles. The van der Waals surface area contributed by atoms with E-state index in [0.29, 0.717) is 0 Å². The first-order chi connectivity index (χ1) is 13.2. The van der Waals surface area contributed by atoms with Crippen LogP contribution >= 0.6 is 0 Å². The summed E-state index contributed by atoms with van der Waals surface area (Å²) in [5, 5.41) is 0. The maximum absolute atomic E-state index is 11.9. The summed E-state index contributed by atoms with van der Waals surface area (Å²) in [6, 6.07) is 24.3. The first-order valence-electron chi connectivity index (χ1n) is 9.62. The molecule has 0 fully saturated rings. The number of hydrogen-bond acceptors (Lipinski definition) is 2. The fourth-order valence-electron chi connectivity index (χ4n) is 3.17. The van der Waals surface area contributed by atoms with E-state index in [0.717, 1.165) is 46.6 Å². The SMILES string of the molecule is CCCCCOc1ccc(-c2ccc(-c3ccccc3C(C)=O)cc2)cc1. The minimum absolute atomic E-state index is 0.0872. The molecule has 0 aliphatic heterocycles. The lowest BCUT2D eigenvalue weighted by Crippen LogP contribution is -1.96. The second kappa shape index (κ2) is 9.18. The van der Waals surface area contributed by atoms with Crippen molar-refractivity contribution in [3.8, 4) is 28.0 Å². The summed E-state index contributed by atoms with van der Waals surface area (Å²) < 4.78 is 5.78. The third kappa shape index (κ3) is 4.85. The minimum atomic E-state index is 0.0872. The van der Waals surface area contributed by atoms with Crippen molar-refractivity contribution in [3.05, 3.63) is 78.4 Å². The van der Waals surface area contributed by atoms with Gasteiger partial charge < -0.3 is 4.74 Å². The fourth-order valence-corrected chi connectivity index (χ4v) is 3.17.